The smallest absolute Gasteiger partial charge is 0.222 e. The molecule has 1 atom stereocenters. The molecule has 0 unspecified atom stereocenters. The number of rotatable bonds is 3. The van der Waals surface area contributed by atoms with Gasteiger partial charge in [0.2, 0.25) is 5.91 Å². The van der Waals surface area contributed by atoms with Gasteiger partial charge < -0.3 is 15.2 Å². The third-order valence-electron chi connectivity index (χ3n) is 3.73. The van der Waals surface area contributed by atoms with Crippen molar-refractivity contribution in [2.24, 2.45) is 0 Å². The Hall–Kier alpha value is -1.75. The molecule has 0 aliphatic carbocycles. The molecule has 3 rings (SSSR count). The second kappa shape index (κ2) is 5.32. The second-order valence-corrected chi connectivity index (χ2v) is 5.45. The number of anilines is 1. The molecule has 1 amide bonds. The molecule has 0 aromatic carbocycles. The molecule has 6 heteroatoms. The van der Waals surface area contributed by atoms with Crippen LogP contribution < -0.4 is 5.32 Å². The van der Waals surface area contributed by atoms with Crippen molar-refractivity contribution >= 4 is 34.2 Å². The van der Waals surface area contributed by atoms with E-state index in [0.29, 0.717) is 11.4 Å². The van der Waals surface area contributed by atoms with Gasteiger partial charge in [0.25, 0.3) is 0 Å². The van der Waals surface area contributed by atoms with Gasteiger partial charge in [-0.05, 0) is 12.5 Å². The van der Waals surface area contributed by atoms with Crippen LogP contribution in [-0.4, -0.2) is 39.9 Å². The van der Waals surface area contributed by atoms with Crippen molar-refractivity contribution in [3.8, 4) is 0 Å². The van der Waals surface area contributed by atoms with E-state index < -0.39 is 0 Å². The van der Waals surface area contributed by atoms with Gasteiger partial charge in [-0.15, -0.1) is 0 Å². The van der Waals surface area contributed by atoms with E-state index in [1.54, 1.807) is 6.20 Å². The first-order valence-corrected chi connectivity index (χ1v) is 7.22. The topological polar surface area (TPSA) is 61.0 Å². The molecule has 5 nitrogen and oxygen atoms in total. The van der Waals surface area contributed by atoms with E-state index in [4.69, 9.17) is 11.6 Å². The molecule has 0 saturated carbocycles. The van der Waals surface area contributed by atoms with Crippen LogP contribution in [0.15, 0.2) is 18.5 Å². The lowest BCUT2D eigenvalue weighted by Crippen LogP contribution is -2.31. The van der Waals surface area contributed by atoms with Gasteiger partial charge in [-0.2, -0.15) is 0 Å². The third kappa shape index (κ3) is 2.33. The maximum atomic E-state index is 11.7. The van der Waals surface area contributed by atoms with Gasteiger partial charge >= 0.3 is 0 Å². The van der Waals surface area contributed by atoms with Gasteiger partial charge in [-0.3, -0.25) is 4.79 Å². The number of pyridine rings is 1. The van der Waals surface area contributed by atoms with E-state index in [-0.39, 0.29) is 11.9 Å². The predicted octanol–water partition coefficient (Wildman–Crippen LogP) is 2.64. The number of halogens is 1. The number of H-pyrrole nitrogens is 1. The van der Waals surface area contributed by atoms with Gasteiger partial charge in [0, 0.05) is 37.1 Å². The molecule has 1 aliphatic rings. The number of carbonyl (C=O) groups excluding carboxylic acids is 1. The number of hydrogen-bond donors (Lipinski definition) is 2. The molecule has 2 aromatic heterocycles. The van der Waals surface area contributed by atoms with Crippen molar-refractivity contribution in [1.29, 1.82) is 0 Å². The van der Waals surface area contributed by atoms with E-state index >= 15 is 0 Å². The summed E-state index contributed by atoms with van der Waals surface area (Å²) < 4.78 is 0. The lowest BCUT2D eigenvalue weighted by atomic mass is 10.2. The first kappa shape index (κ1) is 13.2. The molecule has 0 bridgehead atoms. The fraction of sp³-hybridized carbons (Fsp3) is 0.429. The average Bonchev–Trinajstić information content (AvgIpc) is 3.10. The van der Waals surface area contributed by atoms with Gasteiger partial charge in [-0.25, -0.2) is 4.98 Å². The fourth-order valence-corrected chi connectivity index (χ4v) is 2.87. The number of amides is 1. The second-order valence-electron chi connectivity index (χ2n) is 5.04. The number of aromatic amines is 1. The molecule has 1 fully saturated rings. The minimum atomic E-state index is 0.210. The van der Waals surface area contributed by atoms with Gasteiger partial charge in [0.15, 0.2) is 0 Å². The lowest BCUT2D eigenvalue weighted by molar-refractivity contribution is -0.129. The minimum absolute atomic E-state index is 0.210. The molecule has 106 valence electrons. The monoisotopic (exact) mass is 292 g/mol. The lowest BCUT2D eigenvalue weighted by Gasteiger charge is -2.18. The third-order valence-corrected chi connectivity index (χ3v) is 4.02. The van der Waals surface area contributed by atoms with Crippen molar-refractivity contribution in [3.63, 3.8) is 0 Å². The van der Waals surface area contributed by atoms with Crippen LogP contribution >= 0.6 is 11.6 Å². The largest absolute Gasteiger partial charge is 0.379 e. The van der Waals surface area contributed by atoms with Crippen LogP contribution in [-0.2, 0) is 4.79 Å². The zero-order valence-electron chi connectivity index (χ0n) is 11.3. The highest BCUT2D eigenvalue weighted by molar-refractivity contribution is 6.34. The molecule has 20 heavy (non-hydrogen) atoms. The number of nitrogens with zero attached hydrogens (tertiary/aromatic N) is 2. The Balaban J connectivity index is 1.79. The van der Waals surface area contributed by atoms with E-state index in [1.807, 2.05) is 24.1 Å². The maximum absolute atomic E-state index is 11.7. The maximum Gasteiger partial charge on any atom is 0.222 e. The van der Waals surface area contributed by atoms with Crippen molar-refractivity contribution < 1.29 is 4.79 Å². The van der Waals surface area contributed by atoms with E-state index in [2.05, 4.69) is 15.3 Å². The van der Waals surface area contributed by atoms with Crippen molar-refractivity contribution in [2.75, 3.05) is 18.4 Å². The van der Waals surface area contributed by atoms with Crippen molar-refractivity contribution in [3.05, 3.63) is 23.5 Å². The summed E-state index contributed by atoms with van der Waals surface area (Å²) in [6, 6.07) is 2.20. The van der Waals surface area contributed by atoms with Crippen LogP contribution in [0.3, 0.4) is 0 Å². The van der Waals surface area contributed by atoms with Crippen LogP contribution in [0.4, 0.5) is 5.69 Å². The summed E-state index contributed by atoms with van der Waals surface area (Å²) in [5, 5.41) is 5.05. The highest BCUT2D eigenvalue weighted by Gasteiger charge is 2.26. The molecule has 0 spiro atoms. The summed E-state index contributed by atoms with van der Waals surface area (Å²) >= 11 is 6.25. The minimum Gasteiger partial charge on any atom is -0.379 e. The molecular formula is C14H17ClN4O. The van der Waals surface area contributed by atoms with Gasteiger partial charge in [0.1, 0.15) is 5.65 Å². The number of likely N-dealkylation sites (tertiary alicyclic amines) is 1. The Morgan fingerprint density at radius 2 is 2.50 bits per heavy atom. The highest BCUT2D eigenvalue weighted by Crippen LogP contribution is 2.30. The summed E-state index contributed by atoms with van der Waals surface area (Å²) in [4.78, 5) is 20.9. The number of hydrogen-bond acceptors (Lipinski definition) is 3. The normalized spacial score (nSPS) is 18.7. The Morgan fingerprint density at radius 1 is 1.65 bits per heavy atom. The van der Waals surface area contributed by atoms with Crippen LogP contribution in [0, 0.1) is 0 Å². The summed E-state index contributed by atoms with van der Waals surface area (Å²) in [5.41, 5.74) is 1.71. The van der Waals surface area contributed by atoms with Crippen molar-refractivity contribution in [1.82, 2.24) is 14.9 Å². The molecule has 1 aliphatic heterocycles. The van der Waals surface area contributed by atoms with E-state index in [0.717, 1.165) is 36.2 Å². The molecule has 2 aromatic rings. The number of carbonyl (C=O) groups is 1. The summed E-state index contributed by atoms with van der Waals surface area (Å²) in [5.74, 6) is 0.210. The van der Waals surface area contributed by atoms with Crippen LogP contribution in [0.1, 0.15) is 19.8 Å². The van der Waals surface area contributed by atoms with Gasteiger partial charge in [0.05, 0.1) is 16.9 Å². The Bertz CT molecular complexity index is 639. The Labute approximate surface area is 122 Å². The quantitative estimate of drug-likeness (QED) is 0.914. The number of fused-ring (bicyclic) bond motifs is 1. The first-order valence-electron chi connectivity index (χ1n) is 6.85. The number of nitrogens with one attached hydrogen (secondary N) is 2. The van der Waals surface area contributed by atoms with E-state index in [1.165, 1.54) is 0 Å². The van der Waals surface area contributed by atoms with E-state index in [9.17, 15) is 4.79 Å². The average molecular weight is 293 g/mol. The molecule has 0 radical (unpaired) electrons. The molecule has 3 heterocycles. The van der Waals surface area contributed by atoms with Crippen LogP contribution in [0.5, 0.6) is 0 Å². The standard InChI is InChI=1S/C14H17ClN4O/c1-2-12(20)19-6-4-9(8-19)18-13-10-3-5-16-14(10)17-7-11(13)15/h3,5,7,9H,2,4,6,8H2,1H3,(H2,16,17,18)/t9-/m1/s1. The predicted molar refractivity (Wildman–Crippen MR) is 80.0 cm³/mol. The zero-order chi connectivity index (χ0) is 14.1. The SMILES string of the molecule is CCC(=O)N1CC[C@@H](Nc2c(Cl)cnc3[nH]ccc23)C1. The molecular weight excluding hydrogens is 276 g/mol. The fourth-order valence-electron chi connectivity index (χ4n) is 2.66. The first-order chi connectivity index (χ1) is 9.69. The highest BCUT2D eigenvalue weighted by atomic mass is 35.5. The van der Waals surface area contributed by atoms with Crippen molar-refractivity contribution in [2.45, 2.75) is 25.8 Å². The summed E-state index contributed by atoms with van der Waals surface area (Å²) in [6.45, 7) is 3.44. The molecule has 2 N–H and O–H groups in total. The molecule has 1 saturated heterocycles. The summed E-state index contributed by atoms with van der Waals surface area (Å²) in [7, 11) is 0. The number of aromatic nitrogens is 2. The Kier molecular flexibility index (Phi) is 3.53. The Morgan fingerprint density at radius 3 is 3.30 bits per heavy atom. The summed E-state index contributed by atoms with van der Waals surface area (Å²) in [6.07, 6.45) is 4.99. The zero-order valence-corrected chi connectivity index (χ0v) is 12.1. The van der Waals surface area contributed by atoms with Crippen LogP contribution in [0.2, 0.25) is 5.02 Å². The van der Waals surface area contributed by atoms with Gasteiger partial charge in [-0.1, -0.05) is 18.5 Å². The van der Waals surface area contributed by atoms with Crippen LogP contribution in [0.25, 0.3) is 11.0 Å².